The zero-order valence-corrected chi connectivity index (χ0v) is 7.97. The van der Waals surface area contributed by atoms with Crippen LogP contribution in [0.4, 0.5) is 0 Å². The smallest absolute Gasteiger partial charge is 0.146 e. The van der Waals surface area contributed by atoms with Crippen LogP contribution in [-0.2, 0) is 4.79 Å². The van der Waals surface area contributed by atoms with Crippen LogP contribution in [0.1, 0.15) is 26.2 Å². The monoisotopic (exact) mass is 169 g/mol. The Hall–Kier alpha value is -0.345. The van der Waals surface area contributed by atoms with Gasteiger partial charge in [-0.3, -0.25) is 4.79 Å². The molecule has 0 aromatic carbocycles. The van der Waals surface area contributed by atoms with Crippen molar-refractivity contribution in [3.8, 4) is 0 Å². The van der Waals surface area contributed by atoms with Crippen LogP contribution in [-0.4, -0.2) is 33.8 Å². The maximum atomic E-state index is 10.9. The second kappa shape index (κ2) is 8.75. The Morgan fingerprint density at radius 2 is 2.08 bits per heavy atom. The summed E-state index contributed by atoms with van der Waals surface area (Å²) in [7, 11) is 1.81. The second-order valence-corrected chi connectivity index (χ2v) is 2.74. The Morgan fingerprint density at radius 1 is 1.50 bits per heavy atom. The number of likely N-dealkylation sites (N-methyl/N-ethyl adjacent to an activating group) is 1. The van der Waals surface area contributed by atoms with E-state index in [1.807, 2.05) is 7.05 Å². The maximum Gasteiger partial charge on any atom is 0.146 e. The highest BCUT2D eigenvalue weighted by Gasteiger charge is 2.09. The van der Waals surface area contributed by atoms with Crippen LogP contribution in [0.5, 0.6) is 0 Å². The minimum atomic E-state index is 0. The fourth-order valence-electron chi connectivity index (χ4n) is 1.04. The van der Waals surface area contributed by atoms with Crippen LogP contribution in [0.25, 0.3) is 0 Å². The van der Waals surface area contributed by atoms with Gasteiger partial charge in [0.15, 0.2) is 0 Å². The zero-order valence-electron chi connectivity index (χ0n) is 7.97. The standard InChI is InChI=1S/C8H18N2O.B/c1-7(11)8(10-2)5-3-4-6-9;/h8,10H,3-6,9H2,1-2H3;. The molecule has 3 nitrogen and oxygen atoms in total. The summed E-state index contributed by atoms with van der Waals surface area (Å²) < 4.78 is 0. The van der Waals surface area contributed by atoms with Gasteiger partial charge in [0, 0.05) is 8.41 Å². The van der Waals surface area contributed by atoms with Gasteiger partial charge in [0.1, 0.15) is 5.78 Å². The lowest BCUT2D eigenvalue weighted by Crippen LogP contribution is -2.32. The zero-order chi connectivity index (χ0) is 8.69. The molecule has 0 spiro atoms. The molecule has 1 atom stereocenters. The molecular formula is C8H18BN2O. The van der Waals surface area contributed by atoms with Gasteiger partial charge in [-0.25, -0.2) is 0 Å². The van der Waals surface area contributed by atoms with Crippen molar-refractivity contribution in [1.29, 1.82) is 0 Å². The Kier molecular flexibility index (Phi) is 10.3. The Morgan fingerprint density at radius 3 is 2.42 bits per heavy atom. The first-order valence-corrected chi connectivity index (χ1v) is 4.10. The fraction of sp³-hybridized carbons (Fsp3) is 0.875. The number of rotatable bonds is 6. The molecule has 0 saturated carbocycles. The number of carbonyl (C=O) groups excluding carboxylic acids is 1. The normalized spacial score (nSPS) is 11.9. The van der Waals surface area contributed by atoms with Crippen molar-refractivity contribution in [2.45, 2.75) is 32.2 Å². The first-order chi connectivity index (χ1) is 5.22. The first-order valence-electron chi connectivity index (χ1n) is 4.10. The van der Waals surface area contributed by atoms with Crippen molar-refractivity contribution < 1.29 is 4.79 Å². The molecule has 0 aliphatic rings. The molecule has 0 aliphatic carbocycles. The van der Waals surface area contributed by atoms with Crippen molar-refractivity contribution in [1.82, 2.24) is 5.32 Å². The molecule has 0 aromatic heterocycles. The summed E-state index contributed by atoms with van der Waals surface area (Å²) in [6.07, 6.45) is 2.94. The fourth-order valence-corrected chi connectivity index (χ4v) is 1.04. The number of nitrogens with two attached hydrogens (primary N) is 1. The van der Waals surface area contributed by atoms with Crippen molar-refractivity contribution in [2.24, 2.45) is 5.73 Å². The lowest BCUT2D eigenvalue weighted by Gasteiger charge is -2.11. The molecule has 0 fully saturated rings. The van der Waals surface area contributed by atoms with Crippen LogP contribution in [0.15, 0.2) is 0 Å². The molecule has 0 rings (SSSR count). The predicted octanol–water partition coefficient (Wildman–Crippen LogP) is -0.0884. The molecule has 3 radical (unpaired) electrons. The van der Waals surface area contributed by atoms with E-state index in [0.29, 0.717) is 6.54 Å². The average molecular weight is 169 g/mol. The summed E-state index contributed by atoms with van der Waals surface area (Å²) in [5.74, 6) is 0.213. The van der Waals surface area contributed by atoms with E-state index in [-0.39, 0.29) is 20.2 Å². The van der Waals surface area contributed by atoms with E-state index in [9.17, 15) is 4.79 Å². The Bertz CT molecular complexity index is 120. The van der Waals surface area contributed by atoms with Crippen molar-refractivity contribution in [3.05, 3.63) is 0 Å². The molecule has 0 bridgehead atoms. The molecule has 0 saturated heterocycles. The number of unbranched alkanes of at least 4 members (excludes halogenated alkanes) is 1. The van der Waals surface area contributed by atoms with E-state index in [1.54, 1.807) is 6.92 Å². The van der Waals surface area contributed by atoms with Crippen LogP contribution in [0, 0.1) is 0 Å². The Labute approximate surface area is 76.7 Å². The van der Waals surface area contributed by atoms with Gasteiger partial charge in [-0.15, -0.1) is 0 Å². The lowest BCUT2D eigenvalue weighted by atomic mass is 10.1. The van der Waals surface area contributed by atoms with E-state index in [0.717, 1.165) is 19.3 Å². The third-order valence-electron chi connectivity index (χ3n) is 1.79. The van der Waals surface area contributed by atoms with Gasteiger partial charge in [-0.1, -0.05) is 6.42 Å². The third-order valence-corrected chi connectivity index (χ3v) is 1.79. The van der Waals surface area contributed by atoms with Gasteiger partial charge >= 0.3 is 0 Å². The molecule has 0 heterocycles. The molecule has 1 unspecified atom stereocenters. The van der Waals surface area contributed by atoms with Gasteiger partial charge in [-0.05, 0) is 33.4 Å². The summed E-state index contributed by atoms with van der Waals surface area (Å²) in [6, 6.07) is 0.0292. The highest BCUT2D eigenvalue weighted by atomic mass is 16.1. The van der Waals surface area contributed by atoms with Crippen LogP contribution in [0.2, 0.25) is 0 Å². The lowest BCUT2D eigenvalue weighted by molar-refractivity contribution is -0.119. The molecule has 3 N–H and O–H groups in total. The second-order valence-electron chi connectivity index (χ2n) is 2.74. The Balaban J connectivity index is 0. The highest BCUT2D eigenvalue weighted by Crippen LogP contribution is 2.00. The van der Waals surface area contributed by atoms with Gasteiger partial charge in [0.25, 0.3) is 0 Å². The number of hydrogen-bond acceptors (Lipinski definition) is 3. The van der Waals surface area contributed by atoms with E-state index in [4.69, 9.17) is 5.73 Å². The number of Topliss-reactive ketones (excluding diaryl/α,β-unsaturated/α-hetero) is 1. The quantitative estimate of drug-likeness (QED) is 0.431. The maximum absolute atomic E-state index is 10.9. The summed E-state index contributed by atoms with van der Waals surface area (Å²) >= 11 is 0. The molecule has 0 aliphatic heterocycles. The number of nitrogens with one attached hydrogen (secondary N) is 1. The first kappa shape index (κ1) is 14.2. The number of hydrogen-bond donors (Lipinski definition) is 2. The molecule has 0 amide bonds. The number of ketones is 1. The predicted molar refractivity (Wildman–Crippen MR) is 52.2 cm³/mol. The SMILES string of the molecule is CNC(CCCCN)C(C)=O.[B]. The van der Waals surface area contributed by atoms with E-state index in [1.165, 1.54) is 0 Å². The average Bonchev–Trinajstić information content (AvgIpc) is 1.97. The van der Waals surface area contributed by atoms with E-state index in [2.05, 4.69) is 5.32 Å². The summed E-state index contributed by atoms with van der Waals surface area (Å²) in [5.41, 5.74) is 5.33. The van der Waals surface area contributed by atoms with Gasteiger partial charge in [0.05, 0.1) is 6.04 Å². The minimum Gasteiger partial charge on any atom is -0.330 e. The number of carbonyl (C=O) groups is 1. The molecule has 4 heteroatoms. The van der Waals surface area contributed by atoms with Crippen molar-refractivity contribution >= 4 is 14.2 Å². The summed E-state index contributed by atoms with van der Waals surface area (Å²) in [6.45, 7) is 2.33. The molecule has 0 aromatic rings. The highest BCUT2D eigenvalue weighted by molar-refractivity contribution is 5.81. The van der Waals surface area contributed by atoms with E-state index >= 15 is 0 Å². The largest absolute Gasteiger partial charge is 0.330 e. The summed E-state index contributed by atoms with van der Waals surface area (Å²) in [4.78, 5) is 10.9. The van der Waals surface area contributed by atoms with Crippen LogP contribution in [0.3, 0.4) is 0 Å². The molecule has 12 heavy (non-hydrogen) atoms. The summed E-state index contributed by atoms with van der Waals surface area (Å²) in [5, 5.41) is 2.97. The molecular weight excluding hydrogens is 151 g/mol. The van der Waals surface area contributed by atoms with Crippen molar-refractivity contribution in [3.63, 3.8) is 0 Å². The minimum absolute atomic E-state index is 0. The van der Waals surface area contributed by atoms with Crippen molar-refractivity contribution in [2.75, 3.05) is 13.6 Å². The van der Waals surface area contributed by atoms with E-state index < -0.39 is 0 Å². The van der Waals surface area contributed by atoms with Gasteiger partial charge in [-0.2, -0.15) is 0 Å². The van der Waals surface area contributed by atoms with Crippen LogP contribution < -0.4 is 11.1 Å². The topological polar surface area (TPSA) is 55.1 Å². The molecule has 69 valence electrons. The van der Waals surface area contributed by atoms with Gasteiger partial charge < -0.3 is 11.1 Å². The van der Waals surface area contributed by atoms with Crippen LogP contribution >= 0.6 is 0 Å². The third kappa shape index (κ3) is 6.37. The van der Waals surface area contributed by atoms with Gasteiger partial charge in [0.2, 0.25) is 0 Å².